The molecule has 0 amide bonds. The van der Waals surface area contributed by atoms with E-state index in [4.69, 9.17) is 15.9 Å². The molecule has 0 aromatic carbocycles. The van der Waals surface area contributed by atoms with E-state index in [9.17, 15) is 9.59 Å². The van der Waals surface area contributed by atoms with E-state index in [2.05, 4.69) is 5.73 Å². The second-order valence-corrected chi connectivity index (χ2v) is 3.99. The first kappa shape index (κ1) is 13.2. The molecule has 0 saturated heterocycles. The second kappa shape index (κ2) is 6.63. The van der Waals surface area contributed by atoms with Crippen molar-refractivity contribution in [2.75, 3.05) is 11.5 Å². The third-order valence-electron chi connectivity index (χ3n) is 1.57. The predicted molar refractivity (Wildman–Crippen MR) is 51.9 cm³/mol. The van der Waals surface area contributed by atoms with Crippen LogP contribution in [0.1, 0.15) is 6.42 Å². The summed E-state index contributed by atoms with van der Waals surface area (Å²) in [6.07, 6.45) is 0.423. The molecule has 14 heavy (non-hydrogen) atoms. The Balaban J connectivity index is 3.47. The van der Waals surface area contributed by atoms with Gasteiger partial charge in [0.25, 0.3) is 0 Å². The molecule has 0 saturated carbocycles. The SMILES string of the molecule is NC(CSCCC([NH3+])C(=O)O)C(=O)O. The molecule has 0 heterocycles. The molecule has 0 aromatic rings. The average molecular weight is 223 g/mol. The number of thioether (sulfide) groups is 1. The lowest BCUT2D eigenvalue weighted by molar-refractivity contribution is -0.407. The van der Waals surface area contributed by atoms with Crippen LogP contribution < -0.4 is 11.5 Å². The van der Waals surface area contributed by atoms with Gasteiger partial charge < -0.3 is 21.7 Å². The number of rotatable bonds is 7. The van der Waals surface area contributed by atoms with E-state index >= 15 is 0 Å². The molecule has 0 spiro atoms. The molecule has 7 N–H and O–H groups in total. The topological polar surface area (TPSA) is 128 Å². The van der Waals surface area contributed by atoms with E-state index in [0.717, 1.165) is 0 Å². The Morgan fingerprint density at radius 1 is 1.36 bits per heavy atom. The maximum atomic E-state index is 10.3. The maximum Gasteiger partial charge on any atom is 0.362 e. The molecule has 0 aromatic heterocycles. The normalized spacial score (nSPS) is 14.7. The van der Waals surface area contributed by atoms with E-state index in [1.807, 2.05) is 0 Å². The zero-order valence-electron chi connectivity index (χ0n) is 7.68. The minimum atomic E-state index is -1.04. The fraction of sp³-hybridized carbons (Fsp3) is 0.714. The number of aliphatic carboxylic acids is 2. The first-order valence-electron chi connectivity index (χ1n) is 4.07. The van der Waals surface area contributed by atoms with Crippen LogP contribution in [-0.4, -0.2) is 45.7 Å². The van der Waals surface area contributed by atoms with Gasteiger partial charge in [-0.3, -0.25) is 4.79 Å². The summed E-state index contributed by atoms with van der Waals surface area (Å²) in [6.45, 7) is 0. The van der Waals surface area contributed by atoms with Crippen LogP contribution in [0.2, 0.25) is 0 Å². The Hall–Kier alpha value is -0.790. The quantitative estimate of drug-likeness (QED) is 0.378. The van der Waals surface area contributed by atoms with Gasteiger partial charge in [-0.15, -0.1) is 0 Å². The van der Waals surface area contributed by atoms with Crippen molar-refractivity contribution in [3.8, 4) is 0 Å². The van der Waals surface area contributed by atoms with Crippen LogP contribution in [0.4, 0.5) is 0 Å². The average Bonchev–Trinajstić information content (AvgIpc) is 2.11. The number of carboxylic acid groups (broad SMARTS) is 2. The molecular weight excluding hydrogens is 208 g/mol. The Labute approximate surface area is 85.6 Å². The van der Waals surface area contributed by atoms with Gasteiger partial charge in [-0.2, -0.15) is 11.8 Å². The van der Waals surface area contributed by atoms with E-state index in [-0.39, 0.29) is 0 Å². The lowest BCUT2D eigenvalue weighted by Crippen LogP contribution is -2.65. The van der Waals surface area contributed by atoms with E-state index in [1.54, 1.807) is 0 Å². The van der Waals surface area contributed by atoms with Crippen LogP contribution in [0.3, 0.4) is 0 Å². The van der Waals surface area contributed by atoms with Crippen LogP contribution >= 0.6 is 11.8 Å². The predicted octanol–water partition coefficient (Wildman–Crippen LogP) is -1.78. The third-order valence-corrected chi connectivity index (χ3v) is 2.69. The van der Waals surface area contributed by atoms with Crippen molar-refractivity contribution in [1.29, 1.82) is 0 Å². The van der Waals surface area contributed by atoms with Crippen LogP contribution in [0.25, 0.3) is 0 Å². The van der Waals surface area contributed by atoms with Gasteiger partial charge in [0.1, 0.15) is 6.04 Å². The van der Waals surface area contributed by atoms with Gasteiger partial charge in [-0.05, 0) is 5.75 Å². The summed E-state index contributed by atoms with van der Waals surface area (Å²) < 4.78 is 0. The van der Waals surface area contributed by atoms with Crippen molar-refractivity contribution < 1.29 is 25.5 Å². The molecular formula is C7H15N2O4S+. The highest BCUT2D eigenvalue weighted by molar-refractivity contribution is 7.99. The van der Waals surface area contributed by atoms with Gasteiger partial charge in [0, 0.05) is 12.2 Å². The minimum Gasteiger partial charge on any atom is -0.480 e. The number of carboxylic acids is 2. The van der Waals surface area contributed by atoms with Crippen molar-refractivity contribution in [3.05, 3.63) is 0 Å². The first-order chi connectivity index (χ1) is 6.45. The molecule has 6 nitrogen and oxygen atoms in total. The molecule has 82 valence electrons. The Kier molecular flexibility index (Phi) is 6.26. The summed E-state index contributed by atoms with van der Waals surface area (Å²) in [5, 5.41) is 16.9. The van der Waals surface area contributed by atoms with Crippen LogP contribution in [0.15, 0.2) is 0 Å². The van der Waals surface area contributed by atoms with Gasteiger partial charge in [0.05, 0.1) is 0 Å². The van der Waals surface area contributed by atoms with Crippen molar-refractivity contribution in [2.45, 2.75) is 18.5 Å². The molecule has 2 unspecified atom stereocenters. The minimum absolute atomic E-state index is 0.293. The summed E-state index contributed by atoms with van der Waals surface area (Å²) in [5.74, 6) is -1.13. The number of carbonyl (C=O) groups is 2. The van der Waals surface area contributed by atoms with Crippen molar-refractivity contribution in [1.82, 2.24) is 0 Å². The summed E-state index contributed by atoms with van der Waals surface area (Å²) in [6, 6.07) is -1.52. The highest BCUT2D eigenvalue weighted by Crippen LogP contribution is 2.05. The Morgan fingerprint density at radius 3 is 2.36 bits per heavy atom. The molecule has 0 aliphatic carbocycles. The zero-order chi connectivity index (χ0) is 11.1. The molecule has 0 radical (unpaired) electrons. The van der Waals surface area contributed by atoms with E-state index in [1.165, 1.54) is 11.8 Å². The van der Waals surface area contributed by atoms with Crippen molar-refractivity contribution in [2.24, 2.45) is 5.73 Å². The number of hydrogen-bond donors (Lipinski definition) is 4. The van der Waals surface area contributed by atoms with Crippen LogP contribution in [-0.2, 0) is 9.59 Å². The van der Waals surface area contributed by atoms with Crippen molar-refractivity contribution >= 4 is 23.7 Å². The number of hydrogen-bond acceptors (Lipinski definition) is 4. The fourth-order valence-corrected chi connectivity index (χ4v) is 1.65. The molecule has 0 aliphatic rings. The van der Waals surface area contributed by atoms with Gasteiger partial charge >= 0.3 is 11.9 Å². The fourth-order valence-electron chi connectivity index (χ4n) is 0.631. The molecule has 0 rings (SSSR count). The maximum absolute atomic E-state index is 10.3. The third kappa shape index (κ3) is 5.79. The summed E-state index contributed by atoms with van der Waals surface area (Å²) in [4.78, 5) is 20.6. The summed E-state index contributed by atoms with van der Waals surface area (Å²) in [7, 11) is 0. The smallest absolute Gasteiger partial charge is 0.362 e. The molecule has 0 aliphatic heterocycles. The van der Waals surface area contributed by atoms with Crippen LogP contribution in [0.5, 0.6) is 0 Å². The highest BCUT2D eigenvalue weighted by atomic mass is 32.2. The first-order valence-corrected chi connectivity index (χ1v) is 5.22. The molecule has 0 fully saturated rings. The molecule has 2 atom stereocenters. The Bertz CT molecular complexity index is 190. The Morgan fingerprint density at radius 2 is 1.93 bits per heavy atom. The molecule has 0 bridgehead atoms. The largest absolute Gasteiger partial charge is 0.480 e. The highest BCUT2D eigenvalue weighted by Gasteiger charge is 2.16. The van der Waals surface area contributed by atoms with E-state index < -0.39 is 24.0 Å². The zero-order valence-corrected chi connectivity index (χ0v) is 8.50. The van der Waals surface area contributed by atoms with Gasteiger partial charge in [-0.25, -0.2) is 4.79 Å². The van der Waals surface area contributed by atoms with E-state index in [0.29, 0.717) is 17.9 Å². The lowest BCUT2D eigenvalue weighted by Gasteiger charge is -2.06. The second-order valence-electron chi connectivity index (χ2n) is 2.84. The summed E-state index contributed by atoms with van der Waals surface area (Å²) >= 11 is 1.33. The monoisotopic (exact) mass is 223 g/mol. The lowest BCUT2D eigenvalue weighted by atomic mass is 10.2. The number of quaternary nitrogens is 1. The number of nitrogens with two attached hydrogens (primary N) is 1. The van der Waals surface area contributed by atoms with Gasteiger partial charge in [-0.1, -0.05) is 0 Å². The van der Waals surface area contributed by atoms with Crippen LogP contribution in [0, 0.1) is 0 Å². The van der Waals surface area contributed by atoms with Crippen molar-refractivity contribution in [3.63, 3.8) is 0 Å². The molecule has 7 heteroatoms. The van der Waals surface area contributed by atoms with Gasteiger partial charge in [0.15, 0.2) is 6.04 Å². The summed E-state index contributed by atoms with van der Waals surface area (Å²) in [5.41, 5.74) is 8.67. The van der Waals surface area contributed by atoms with Gasteiger partial charge in [0.2, 0.25) is 0 Å². The standard InChI is InChI=1S/C7H14N2O4S/c8-4(6(10)11)1-2-14-3-5(9)7(12)13/h4-5H,1-3,8-9H2,(H,10,11)(H,12,13)/p+1.